The van der Waals surface area contributed by atoms with E-state index in [1.807, 2.05) is 6.07 Å². The molecule has 118 valence electrons. The van der Waals surface area contributed by atoms with Crippen LogP contribution in [0.4, 0.5) is 0 Å². The van der Waals surface area contributed by atoms with Gasteiger partial charge in [-0.2, -0.15) is 0 Å². The Kier molecular flexibility index (Phi) is 4.00. The van der Waals surface area contributed by atoms with Crippen molar-refractivity contribution in [2.24, 2.45) is 5.92 Å². The summed E-state index contributed by atoms with van der Waals surface area (Å²) in [6.45, 7) is 1.07. The number of rotatable bonds is 4. The second-order valence-electron chi connectivity index (χ2n) is 6.91. The second kappa shape index (κ2) is 6.29. The first-order valence-electron chi connectivity index (χ1n) is 8.68. The largest absolute Gasteiger partial charge is 0.298 e. The first-order chi connectivity index (χ1) is 11.3. The van der Waals surface area contributed by atoms with E-state index in [4.69, 9.17) is 0 Å². The molecule has 5 rings (SSSR count). The summed E-state index contributed by atoms with van der Waals surface area (Å²) >= 11 is 0. The van der Waals surface area contributed by atoms with E-state index >= 15 is 0 Å². The Hall–Kier alpha value is -1.93. The maximum Gasteiger partial charge on any atom is 0.153 e. The zero-order chi connectivity index (χ0) is 15.6. The third kappa shape index (κ3) is 2.96. The minimum absolute atomic E-state index is 0.0820. The van der Waals surface area contributed by atoms with Crippen molar-refractivity contribution in [3.8, 4) is 0 Å². The molecule has 2 heteroatoms. The number of piperidine rings is 3. The monoisotopic (exact) mass is 305 g/mol. The molecule has 2 nitrogen and oxygen atoms in total. The summed E-state index contributed by atoms with van der Waals surface area (Å²) in [5.74, 6) is 0.756. The summed E-state index contributed by atoms with van der Waals surface area (Å²) in [5, 5.41) is 0. The molecule has 3 aliphatic rings. The topological polar surface area (TPSA) is 20.3 Å². The van der Waals surface area contributed by atoms with E-state index in [2.05, 4.69) is 59.5 Å². The van der Waals surface area contributed by atoms with E-state index in [9.17, 15) is 4.79 Å². The van der Waals surface area contributed by atoms with Gasteiger partial charge in [0.15, 0.2) is 5.78 Å². The van der Waals surface area contributed by atoms with Crippen molar-refractivity contribution in [1.29, 1.82) is 0 Å². The van der Waals surface area contributed by atoms with Crippen molar-refractivity contribution in [1.82, 2.24) is 4.90 Å². The maximum absolute atomic E-state index is 12.7. The standard InChI is InChI=1S/C21H23NO/c23-21-18-11-12-22(20(21)14-17-9-5-2-6-10-17)19(15-18)13-16-7-3-1-4-8-16/h1-10,18-20H,11-15H2. The molecular formula is C21H23NO. The molecule has 4 unspecified atom stereocenters. The van der Waals surface area contributed by atoms with Crippen molar-refractivity contribution in [2.45, 2.75) is 37.8 Å². The lowest BCUT2D eigenvalue weighted by Crippen LogP contribution is -2.61. The Morgan fingerprint density at radius 1 is 0.870 bits per heavy atom. The van der Waals surface area contributed by atoms with Crippen LogP contribution in [0.15, 0.2) is 60.7 Å². The van der Waals surface area contributed by atoms with Gasteiger partial charge >= 0.3 is 0 Å². The van der Waals surface area contributed by atoms with Crippen LogP contribution in [-0.2, 0) is 17.6 Å². The number of nitrogens with zero attached hydrogens (tertiary/aromatic N) is 1. The van der Waals surface area contributed by atoms with Crippen LogP contribution in [0.1, 0.15) is 24.0 Å². The molecule has 0 aromatic heterocycles. The van der Waals surface area contributed by atoms with Crippen LogP contribution < -0.4 is 0 Å². The molecule has 2 bridgehead atoms. The molecule has 0 radical (unpaired) electrons. The lowest BCUT2D eigenvalue weighted by atomic mass is 9.75. The average Bonchev–Trinajstić information content (AvgIpc) is 2.60. The molecule has 2 aromatic rings. The summed E-state index contributed by atoms with van der Waals surface area (Å²) in [6.07, 6.45) is 4.02. The van der Waals surface area contributed by atoms with Gasteiger partial charge in [-0.1, -0.05) is 60.7 Å². The highest BCUT2D eigenvalue weighted by Gasteiger charge is 2.45. The normalized spacial score (nSPS) is 29.7. The molecule has 0 amide bonds. The summed E-state index contributed by atoms with van der Waals surface area (Å²) in [5.41, 5.74) is 2.66. The number of Topliss-reactive ketones (excluding diaryl/α,β-unsaturated/α-hetero) is 1. The van der Waals surface area contributed by atoms with Crippen LogP contribution in [0.3, 0.4) is 0 Å². The van der Waals surface area contributed by atoms with Crippen LogP contribution >= 0.6 is 0 Å². The number of hydrogen-bond acceptors (Lipinski definition) is 2. The molecule has 4 atom stereocenters. The quantitative estimate of drug-likeness (QED) is 0.861. The van der Waals surface area contributed by atoms with Crippen LogP contribution in [0.25, 0.3) is 0 Å². The fraction of sp³-hybridized carbons (Fsp3) is 0.381. The minimum atomic E-state index is 0.0820. The van der Waals surface area contributed by atoms with Crippen molar-refractivity contribution < 1.29 is 4.79 Å². The lowest BCUT2D eigenvalue weighted by molar-refractivity contribution is -0.140. The van der Waals surface area contributed by atoms with E-state index in [0.29, 0.717) is 11.8 Å². The van der Waals surface area contributed by atoms with Gasteiger partial charge in [0.2, 0.25) is 0 Å². The predicted molar refractivity (Wildman–Crippen MR) is 92.3 cm³/mol. The number of carbonyl (C=O) groups is 1. The Morgan fingerprint density at radius 2 is 1.48 bits per heavy atom. The summed E-state index contributed by atoms with van der Waals surface area (Å²) in [6, 6.07) is 21.8. The molecule has 23 heavy (non-hydrogen) atoms. The van der Waals surface area contributed by atoms with Gasteiger partial charge in [-0.25, -0.2) is 0 Å². The Bertz CT molecular complexity index is 667. The van der Waals surface area contributed by atoms with Crippen LogP contribution in [0.2, 0.25) is 0 Å². The van der Waals surface area contributed by atoms with Gasteiger partial charge in [0.1, 0.15) is 0 Å². The Morgan fingerprint density at radius 3 is 2.13 bits per heavy atom. The Balaban J connectivity index is 1.54. The number of benzene rings is 2. The van der Waals surface area contributed by atoms with Gasteiger partial charge < -0.3 is 0 Å². The maximum atomic E-state index is 12.7. The van der Waals surface area contributed by atoms with Crippen LogP contribution in [-0.4, -0.2) is 29.3 Å². The molecule has 0 N–H and O–H groups in total. The van der Waals surface area contributed by atoms with Crippen LogP contribution in [0, 0.1) is 5.92 Å². The van der Waals surface area contributed by atoms with Crippen molar-refractivity contribution in [3.63, 3.8) is 0 Å². The molecular weight excluding hydrogens is 282 g/mol. The fourth-order valence-corrected chi connectivity index (χ4v) is 4.32. The Labute approximate surface area is 138 Å². The average molecular weight is 305 g/mol. The van der Waals surface area contributed by atoms with E-state index in [0.717, 1.165) is 32.2 Å². The number of hydrogen-bond donors (Lipinski definition) is 0. The van der Waals surface area contributed by atoms with Crippen LogP contribution in [0.5, 0.6) is 0 Å². The number of ketones is 1. The smallest absolute Gasteiger partial charge is 0.153 e. The highest BCUT2D eigenvalue weighted by Crippen LogP contribution is 2.36. The number of carbonyl (C=O) groups excluding carboxylic acids is 1. The SMILES string of the molecule is O=C1C2CCN(C(Cc3ccccc3)C2)C1Cc1ccccc1. The van der Waals surface area contributed by atoms with E-state index in [-0.39, 0.29) is 12.0 Å². The fourth-order valence-electron chi connectivity index (χ4n) is 4.32. The molecule has 0 aliphatic carbocycles. The third-order valence-corrected chi connectivity index (χ3v) is 5.48. The van der Waals surface area contributed by atoms with Gasteiger partial charge in [0, 0.05) is 12.0 Å². The van der Waals surface area contributed by atoms with E-state index in [1.165, 1.54) is 11.1 Å². The van der Waals surface area contributed by atoms with Gasteiger partial charge in [0.05, 0.1) is 6.04 Å². The summed E-state index contributed by atoms with van der Waals surface area (Å²) in [4.78, 5) is 15.2. The summed E-state index contributed by atoms with van der Waals surface area (Å²) < 4.78 is 0. The first kappa shape index (κ1) is 14.6. The van der Waals surface area contributed by atoms with Gasteiger partial charge in [-0.15, -0.1) is 0 Å². The molecule has 3 saturated heterocycles. The first-order valence-corrected chi connectivity index (χ1v) is 8.68. The van der Waals surface area contributed by atoms with Gasteiger partial charge in [-0.3, -0.25) is 9.69 Å². The molecule has 2 aromatic carbocycles. The van der Waals surface area contributed by atoms with Crippen molar-refractivity contribution >= 4 is 5.78 Å². The van der Waals surface area contributed by atoms with Crippen molar-refractivity contribution in [2.75, 3.05) is 6.54 Å². The van der Waals surface area contributed by atoms with E-state index in [1.54, 1.807) is 0 Å². The molecule has 3 heterocycles. The molecule has 3 aliphatic heterocycles. The second-order valence-corrected chi connectivity index (χ2v) is 6.91. The number of fused-ring (bicyclic) bond motifs is 3. The highest BCUT2D eigenvalue weighted by atomic mass is 16.1. The molecule has 3 fully saturated rings. The zero-order valence-corrected chi connectivity index (χ0v) is 13.4. The minimum Gasteiger partial charge on any atom is -0.298 e. The van der Waals surface area contributed by atoms with Gasteiger partial charge in [0.25, 0.3) is 0 Å². The highest BCUT2D eigenvalue weighted by molar-refractivity contribution is 5.88. The zero-order valence-electron chi connectivity index (χ0n) is 13.4. The third-order valence-electron chi connectivity index (χ3n) is 5.48. The van der Waals surface area contributed by atoms with E-state index < -0.39 is 0 Å². The van der Waals surface area contributed by atoms with Gasteiger partial charge in [-0.05, 0) is 43.4 Å². The predicted octanol–water partition coefficient (Wildman–Crippen LogP) is 3.50. The lowest BCUT2D eigenvalue weighted by Gasteiger charge is -2.49. The summed E-state index contributed by atoms with van der Waals surface area (Å²) in [7, 11) is 0. The molecule has 0 saturated carbocycles. The molecule has 0 spiro atoms. The van der Waals surface area contributed by atoms with Crippen molar-refractivity contribution in [3.05, 3.63) is 71.8 Å².